The van der Waals surface area contributed by atoms with Crippen LogP contribution in [0.3, 0.4) is 0 Å². The van der Waals surface area contributed by atoms with Crippen molar-refractivity contribution in [3.8, 4) is 11.5 Å². The van der Waals surface area contributed by atoms with Gasteiger partial charge >= 0.3 is 6.29 Å². The number of halogens is 3. The van der Waals surface area contributed by atoms with Crippen molar-refractivity contribution in [1.82, 2.24) is 13.9 Å². The number of imidazole rings is 1. The molecule has 0 aliphatic carbocycles. The molecule has 0 atom stereocenters. The molecular formula is C14H8ClF2N3O4S. The first-order valence-electron chi connectivity index (χ1n) is 6.84. The van der Waals surface area contributed by atoms with Crippen molar-refractivity contribution in [3.63, 3.8) is 0 Å². The molecule has 3 heterocycles. The summed E-state index contributed by atoms with van der Waals surface area (Å²) < 4.78 is 62.0. The van der Waals surface area contributed by atoms with Gasteiger partial charge in [-0.05, 0) is 19.1 Å². The first-order chi connectivity index (χ1) is 11.7. The van der Waals surface area contributed by atoms with E-state index in [1.54, 1.807) is 0 Å². The summed E-state index contributed by atoms with van der Waals surface area (Å²) in [4.78, 5) is 7.62. The van der Waals surface area contributed by atoms with Crippen LogP contribution in [0.1, 0.15) is 5.82 Å². The van der Waals surface area contributed by atoms with Gasteiger partial charge in [0.25, 0.3) is 10.0 Å². The summed E-state index contributed by atoms with van der Waals surface area (Å²) in [7, 11) is -4.15. The van der Waals surface area contributed by atoms with Gasteiger partial charge in [0, 0.05) is 18.3 Å². The number of rotatable bonds is 2. The van der Waals surface area contributed by atoms with Crippen LogP contribution < -0.4 is 9.47 Å². The van der Waals surface area contributed by atoms with E-state index in [0.29, 0.717) is 0 Å². The molecule has 0 saturated carbocycles. The summed E-state index contributed by atoms with van der Waals surface area (Å²) in [6.07, 6.45) is -2.47. The molecule has 130 valence electrons. The number of hydrogen-bond acceptors (Lipinski definition) is 6. The fourth-order valence-electron chi connectivity index (χ4n) is 2.59. The van der Waals surface area contributed by atoms with Crippen molar-refractivity contribution in [2.75, 3.05) is 0 Å². The zero-order valence-electron chi connectivity index (χ0n) is 12.4. The van der Waals surface area contributed by atoms with Gasteiger partial charge in [-0.25, -0.2) is 22.4 Å². The average Bonchev–Trinajstić information content (AvgIpc) is 2.97. The molecular weight excluding hydrogens is 380 g/mol. The Kier molecular flexibility index (Phi) is 3.22. The standard InChI is InChI=1S/C14H8ClF2N3O4S/c1-7-19-8-5-10-11(24-14(16,17)23-10)6-9(8)20(7)25(21,22)12-3-2-4-18-13(12)15/h2-6H,1H3. The van der Waals surface area contributed by atoms with Gasteiger partial charge in [-0.2, -0.15) is 0 Å². The van der Waals surface area contributed by atoms with Crippen molar-refractivity contribution < 1.29 is 26.7 Å². The van der Waals surface area contributed by atoms with Crippen molar-refractivity contribution in [1.29, 1.82) is 0 Å². The van der Waals surface area contributed by atoms with Crippen LogP contribution in [0.15, 0.2) is 35.4 Å². The number of fused-ring (bicyclic) bond motifs is 2. The minimum atomic E-state index is -4.15. The van der Waals surface area contributed by atoms with E-state index in [-0.39, 0.29) is 38.4 Å². The highest BCUT2D eigenvalue weighted by atomic mass is 35.5. The summed E-state index contributed by atoms with van der Waals surface area (Å²) in [5.74, 6) is -0.393. The van der Waals surface area contributed by atoms with Crippen molar-refractivity contribution in [3.05, 3.63) is 41.4 Å². The molecule has 7 nitrogen and oxygen atoms in total. The van der Waals surface area contributed by atoms with Gasteiger partial charge in [0.15, 0.2) is 11.5 Å². The number of ether oxygens (including phenoxy) is 2. The van der Waals surface area contributed by atoms with E-state index in [9.17, 15) is 17.2 Å². The Balaban J connectivity index is 1.97. The number of hydrogen-bond donors (Lipinski definition) is 0. The van der Waals surface area contributed by atoms with Gasteiger partial charge in [0.05, 0.1) is 11.0 Å². The monoisotopic (exact) mass is 387 g/mol. The maximum atomic E-state index is 13.2. The lowest BCUT2D eigenvalue weighted by Gasteiger charge is -2.09. The SMILES string of the molecule is Cc1nc2cc3c(cc2n1S(=O)(=O)c1cccnc1Cl)OC(F)(F)O3. The number of aryl methyl sites for hydroxylation is 1. The van der Waals surface area contributed by atoms with Gasteiger partial charge in [-0.15, -0.1) is 8.78 Å². The zero-order valence-corrected chi connectivity index (χ0v) is 14.0. The second-order valence-corrected chi connectivity index (χ2v) is 7.29. The van der Waals surface area contributed by atoms with E-state index in [1.165, 1.54) is 31.3 Å². The molecule has 0 amide bonds. The zero-order chi connectivity index (χ0) is 18.0. The summed E-state index contributed by atoms with van der Waals surface area (Å²) >= 11 is 5.89. The second-order valence-electron chi connectivity index (χ2n) is 5.18. The second kappa shape index (κ2) is 5.02. The van der Waals surface area contributed by atoms with Crippen LogP contribution in [0.4, 0.5) is 8.78 Å². The fraction of sp³-hybridized carbons (Fsp3) is 0.143. The minimum Gasteiger partial charge on any atom is -0.395 e. The highest BCUT2D eigenvalue weighted by Crippen LogP contribution is 2.43. The summed E-state index contributed by atoms with van der Waals surface area (Å²) in [6, 6.07) is 5.03. The Hall–Kier alpha value is -2.46. The number of aromatic nitrogens is 3. The third-order valence-electron chi connectivity index (χ3n) is 3.54. The lowest BCUT2D eigenvalue weighted by atomic mass is 10.3. The van der Waals surface area contributed by atoms with Crippen LogP contribution in [-0.4, -0.2) is 28.7 Å². The van der Waals surface area contributed by atoms with Gasteiger partial charge in [-0.3, -0.25) is 0 Å². The molecule has 0 unspecified atom stereocenters. The quantitative estimate of drug-likeness (QED) is 0.629. The van der Waals surface area contributed by atoms with E-state index < -0.39 is 16.3 Å². The van der Waals surface area contributed by atoms with E-state index >= 15 is 0 Å². The Morgan fingerprint density at radius 2 is 1.92 bits per heavy atom. The van der Waals surface area contributed by atoms with Crippen LogP contribution in [0.2, 0.25) is 5.15 Å². The number of benzene rings is 1. The summed E-state index contributed by atoms with van der Waals surface area (Å²) in [6.45, 7) is 1.46. The van der Waals surface area contributed by atoms with Crippen molar-refractivity contribution in [2.45, 2.75) is 18.1 Å². The Bertz CT molecular complexity index is 1130. The van der Waals surface area contributed by atoms with Crippen molar-refractivity contribution >= 4 is 32.7 Å². The molecule has 25 heavy (non-hydrogen) atoms. The van der Waals surface area contributed by atoms with Gasteiger partial charge in [-0.1, -0.05) is 11.6 Å². The van der Waals surface area contributed by atoms with E-state index in [1.807, 2.05) is 0 Å². The average molecular weight is 388 g/mol. The Morgan fingerprint density at radius 1 is 1.24 bits per heavy atom. The molecule has 4 rings (SSSR count). The van der Waals surface area contributed by atoms with Gasteiger partial charge < -0.3 is 9.47 Å². The highest BCUT2D eigenvalue weighted by Gasteiger charge is 2.44. The largest absolute Gasteiger partial charge is 0.586 e. The topological polar surface area (TPSA) is 83.3 Å². The first-order valence-corrected chi connectivity index (χ1v) is 8.66. The van der Waals surface area contributed by atoms with Gasteiger partial charge in [0.2, 0.25) is 0 Å². The maximum absolute atomic E-state index is 13.2. The fourth-order valence-corrected chi connectivity index (χ4v) is 4.51. The number of pyridine rings is 1. The van der Waals surface area contributed by atoms with E-state index in [2.05, 4.69) is 19.4 Å². The minimum absolute atomic E-state index is 0.0532. The lowest BCUT2D eigenvalue weighted by molar-refractivity contribution is -0.286. The third-order valence-corrected chi connectivity index (χ3v) is 5.78. The van der Waals surface area contributed by atoms with Crippen LogP contribution in [0.5, 0.6) is 11.5 Å². The summed E-state index contributed by atoms with van der Waals surface area (Å²) in [5, 5.41) is -0.212. The number of nitrogens with zero attached hydrogens (tertiary/aromatic N) is 3. The molecule has 1 aliphatic heterocycles. The van der Waals surface area contributed by atoms with E-state index in [0.717, 1.165) is 10.0 Å². The summed E-state index contributed by atoms with van der Waals surface area (Å²) in [5.41, 5.74) is 0.207. The molecule has 0 radical (unpaired) electrons. The molecule has 11 heteroatoms. The van der Waals surface area contributed by atoms with Crippen LogP contribution >= 0.6 is 11.6 Å². The third kappa shape index (κ3) is 2.40. The highest BCUT2D eigenvalue weighted by molar-refractivity contribution is 7.90. The van der Waals surface area contributed by atoms with Gasteiger partial charge in [0.1, 0.15) is 15.9 Å². The van der Waals surface area contributed by atoms with Crippen LogP contribution in [-0.2, 0) is 10.0 Å². The predicted molar refractivity (Wildman–Crippen MR) is 82.5 cm³/mol. The molecule has 1 aromatic carbocycles. The molecule has 0 spiro atoms. The van der Waals surface area contributed by atoms with E-state index in [4.69, 9.17) is 11.6 Å². The molecule has 0 saturated heterocycles. The molecule has 0 bridgehead atoms. The normalized spacial score (nSPS) is 15.7. The lowest BCUT2D eigenvalue weighted by Crippen LogP contribution is -2.25. The first kappa shape index (κ1) is 16.0. The van der Waals surface area contributed by atoms with Crippen molar-refractivity contribution in [2.24, 2.45) is 0 Å². The van der Waals surface area contributed by atoms with Crippen LogP contribution in [0, 0.1) is 6.92 Å². The maximum Gasteiger partial charge on any atom is 0.586 e. The molecule has 0 N–H and O–H groups in total. The molecule has 0 fully saturated rings. The number of alkyl halides is 2. The molecule has 2 aromatic heterocycles. The Labute approximate surface area is 144 Å². The Morgan fingerprint density at radius 3 is 2.60 bits per heavy atom. The molecule has 1 aliphatic rings. The molecule has 3 aromatic rings. The van der Waals surface area contributed by atoms with Crippen LogP contribution in [0.25, 0.3) is 11.0 Å². The predicted octanol–water partition coefficient (Wildman–Crippen LogP) is 2.95. The smallest absolute Gasteiger partial charge is 0.395 e.